The zero-order chi connectivity index (χ0) is 29.9. The number of rotatable bonds is 2. The molecule has 1 aliphatic rings. The molecule has 5 heterocycles. The summed E-state index contributed by atoms with van der Waals surface area (Å²) in [6.07, 6.45) is 3.58. The summed E-state index contributed by atoms with van der Waals surface area (Å²) in [5.41, 5.74) is 3.41. The van der Waals surface area contributed by atoms with Gasteiger partial charge in [0.15, 0.2) is 0 Å². The number of hydrogen-bond donors (Lipinski definition) is 0. The van der Waals surface area contributed by atoms with E-state index in [0.717, 1.165) is 49.4 Å². The molecule has 214 valence electrons. The highest BCUT2D eigenvalue weighted by Gasteiger charge is 2.51. The molecule has 8 nitrogen and oxygen atoms in total. The minimum absolute atomic E-state index is 0.218. The summed E-state index contributed by atoms with van der Waals surface area (Å²) in [5.74, 6) is 0. The van der Waals surface area contributed by atoms with E-state index >= 15 is 0 Å². The molecule has 0 atom stereocenters. The second-order valence-electron chi connectivity index (χ2n) is 10.1. The number of nitrogens with zero attached hydrogens (tertiary/aromatic N) is 6. The van der Waals surface area contributed by atoms with Gasteiger partial charge >= 0.3 is 7.12 Å². The molecule has 0 bridgehead atoms. The van der Waals surface area contributed by atoms with Crippen LogP contribution in [0.5, 0.6) is 0 Å². The minimum Gasteiger partial charge on any atom is -0.399 e. The fourth-order valence-electron chi connectivity index (χ4n) is 3.94. The van der Waals surface area contributed by atoms with Gasteiger partial charge in [0.2, 0.25) is 15.0 Å². The van der Waals surface area contributed by atoms with Crippen LogP contribution in [0.15, 0.2) is 73.1 Å². The van der Waals surface area contributed by atoms with E-state index in [1.54, 1.807) is 12.4 Å². The van der Waals surface area contributed by atoms with Gasteiger partial charge in [0.05, 0.1) is 22.2 Å². The van der Waals surface area contributed by atoms with Gasteiger partial charge in [-0.25, -0.2) is 4.98 Å². The summed E-state index contributed by atoms with van der Waals surface area (Å²) in [6, 6.07) is 20.0. The third-order valence-corrected chi connectivity index (χ3v) is 8.88. The van der Waals surface area contributed by atoms with E-state index < -0.39 is 0 Å². The lowest BCUT2D eigenvalue weighted by Gasteiger charge is -2.32. The van der Waals surface area contributed by atoms with Crippen molar-refractivity contribution in [2.45, 2.75) is 38.9 Å². The molecule has 4 aromatic heterocycles. The first kappa shape index (κ1) is 30.7. The normalized spacial score (nSPS) is 15.2. The summed E-state index contributed by atoms with van der Waals surface area (Å²) in [7, 11) is -0.311. The Morgan fingerprint density at radius 3 is 1.79 bits per heavy atom. The molecule has 0 radical (unpaired) electrons. The van der Waals surface area contributed by atoms with Gasteiger partial charge in [-0.05, 0) is 133 Å². The standard InChI is InChI=1S/C15H18BNO2.C11H6ClN3S.C2Cl2N2S/c1-14(2)15(3,4)19-16(18-14)12-7-8-13-11(10-12)6-5-9-17-13;12-11-14-10(16-15-11)8-3-4-9-7(6-8)2-1-5-13-9;3-1-5-2(4)7-6-1/h5-10H,1-4H3;1-6H;. The molecule has 7 rings (SSSR count). The SMILES string of the molecule is CC1(C)OB(c2ccc3ncccc3c2)OC1(C)C.Clc1nsc(-c2ccc3ncccc3c2)n1.Clc1nsc(Cl)n1. The zero-order valence-corrected chi connectivity index (χ0v) is 26.9. The van der Waals surface area contributed by atoms with E-state index in [4.69, 9.17) is 44.1 Å². The zero-order valence-electron chi connectivity index (χ0n) is 23.0. The van der Waals surface area contributed by atoms with Crippen molar-refractivity contribution in [1.29, 1.82) is 0 Å². The molecular weight excluding hydrogens is 634 g/mol. The minimum atomic E-state index is -0.311. The summed E-state index contributed by atoms with van der Waals surface area (Å²) in [6.45, 7) is 8.26. The largest absolute Gasteiger partial charge is 0.494 e. The predicted octanol–water partition coefficient (Wildman–Crippen LogP) is 7.79. The highest BCUT2D eigenvalue weighted by Crippen LogP contribution is 2.36. The average molecular weight is 658 g/mol. The lowest BCUT2D eigenvalue weighted by atomic mass is 9.78. The van der Waals surface area contributed by atoms with Crippen molar-refractivity contribution in [3.63, 3.8) is 0 Å². The predicted molar refractivity (Wildman–Crippen MR) is 173 cm³/mol. The first-order chi connectivity index (χ1) is 20.0. The lowest BCUT2D eigenvalue weighted by Crippen LogP contribution is -2.41. The Kier molecular flexibility index (Phi) is 9.39. The van der Waals surface area contributed by atoms with Crippen LogP contribution in [-0.4, -0.2) is 47.0 Å². The molecule has 0 spiro atoms. The summed E-state index contributed by atoms with van der Waals surface area (Å²) < 4.78 is 20.0. The number of fused-ring (bicyclic) bond motifs is 2. The first-order valence-corrected chi connectivity index (χ1v) is 15.4. The molecule has 0 unspecified atom stereocenters. The maximum atomic E-state index is 6.06. The van der Waals surface area contributed by atoms with Gasteiger partial charge in [-0.2, -0.15) is 13.7 Å². The van der Waals surface area contributed by atoms with Crippen LogP contribution in [0.3, 0.4) is 0 Å². The number of halogens is 3. The van der Waals surface area contributed by atoms with Crippen molar-refractivity contribution in [1.82, 2.24) is 28.7 Å². The maximum absolute atomic E-state index is 6.06. The quantitative estimate of drug-likeness (QED) is 0.174. The van der Waals surface area contributed by atoms with Gasteiger partial charge in [-0.3, -0.25) is 9.97 Å². The summed E-state index contributed by atoms with van der Waals surface area (Å²) >= 11 is 18.7. The van der Waals surface area contributed by atoms with Crippen molar-refractivity contribution in [3.8, 4) is 10.6 Å². The van der Waals surface area contributed by atoms with Crippen LogP contribution in [0.4, 0.5) is 0 Å². The molecule has 1 fully saturated rings. The fourth-order valence-corrected chi connectivity index (χ4v) is 5.52. The molecule has 0 N–H and O–H groups in total. The fraction of sp³-hybridized carbons (Fsp3) is 0.214. The van der Waals surface area contributed by atoms with E-state index in [1.165, 1.54) is 11.5 Å². The molecule has 0 amide bonds. The van der Waals surface area contributed by atoms with Crippen molar-refractivity contribution in [2.75, 3.05) is 0 Å². The van der Waals surface area contributed by atoms with Crippen LogP contribution in [0.25, 0.3) is 32.4 Å². The lowest BCUT2D eigenvalue weighted by molar-refractivity contribution is 0.00578. The van der Waals surface area contributed by atoms with Gasteiger partial charge in [0.1, 0.15) is 5.01 Å². The third-order valence-electron chi connectivity index (χ3n) is 6.78. The van der Waals surface area contributed by atoms with Crippen molar-refractivity contribution in [2.24, 2.45) is 0 Å². The molecular formula is C28H24BCl3N6O2S2. The Bertz CT molecular complexity index is 1800. The highest BCUT2D eigenvalue weighted by atomic mass is 35.5. The smallest absolute Gasteiger partial charge is 0.399 e. The van der Waals surface area contributed by atoms with Gasteiger partial charge in [0.25, 0.3) is 0 Å². The Morgan fingerprint density at radius 2 is 1.26 bits per heavy atom. The van der Waals surface area contributed by atoms with Crippen LogP contribution >= 0.6 is 57.9 Å². The molecule has 42 heavy (non-hydrogen) atoms. The van der Waals surface area contributed by atoms with Gasteiger partial charge in [0, 0.05) is 23.3 Å². The Hall–Kier alpha value is -2.77. The Balaban J connectivity index is 0.000000138. The van der Waals surface area contributed by atoms with E-state index in [2.05, 4.69) is 68.5 Å². The Morgan fingerprint density at radius 1 is 0.690 bits per heavy atom. The maximum Gasteiger partial charge on any atom is 0.494 e. The molecule has 1 aliphatic heterocycles. The first-order valence-electron chi connectivity index (χ1n) is 12.7. The van der Waals surface area contributed by atoms with Gasteiger partial charge in [-0.15, -0.1) is 0 Å². The van der Waals surface area contributed by atoms with Gasteiger partial charge in [-0.1, -0.05) is 24.3 Å². The van der Waals surface area contributed by atoms with Crippen molar-refractivity contribution < 1.29 is 9.31 Å². The summed E-state index contributed by atoms with van der Waals surface area (Å²) in [5, 5.41) is 3.54. The Labute approximate surface area is 266 Å². The number of aromatic nitrogens is 6. The van der Waals surface area contributed by atoms with Crippen LogP contribution in [0, 0.1) is 0 Å². The monoisotopic (exact) mass is 656 g/mol. The van der Waals surface area contributed by atoms with Gasteiger partial charge < -0.3 is 9.31 Å². The van der Waals surface area contributed by atoms with Crippen LogP contribution in [0.2, 0.25) is 15.0 Å². The molecule has 14 heteroatoms. The topological polar surface area (TPSA) is 95.8 Å². The van der Waals surface area contributed by atoms with Crippen molar-refractivity contribution >= 4 is 92.3 Å². The molecule has 0 aliphatic carbocycles. The van der Waals surface area contributed by atoms with Crippen LogP contribution in [-0.2, 0) is 9.31 Å². The van der Waals surface area contributed by atoms with E-state index in [-0.39, 0.29) is 23.6 Å². The van der Waals surface area contributed by atoms with E-state index in [9.17, 15) is 0 Å². The molecule has 0 saturated carbocycles. The average Bonchev–Trinajstić information content (AvgIpc) is 3.64. The molecule has 2 aromatic carbocycles. The van der Waals surface area contributed by atoms with Crippen molar-refractivity contribution in [3.05, 3.63) is 88.1 Å². The van der Waals surface area contributed by atoms with Crippen LogP contribution in [0.1, 0.15) is 27.7 Å². The molecule has 6 aromatic rings. The molecule has 1 saturated heterocycles. The second-order valence-corrected chi connectivity index (χ2v) is 12.9. The number of benzene rings is 2. The van der Waals surface area contributed by atoms with Crippen LogP contribution < -0.4 is 5.46 Å². The third kappa shape index (κ3) is 7.23. The number of hydrogen-bond acceptors (Lipinski definition) is 10. The van der Waals surface area contributed by atoms with E-state index in [0.29, 0.717) is 9.75 Å². The highest BCUT2D eigenvalue weighted by molar-refractivity contribution is 7.10. The summed E-state index contributed by atoms with van der Waals surface area (Å²) in [4.78, 5) is 16.3. The number of pyridine rings is 2. The van der Waals surface area contributed by atoms with E-state index in [1.807, 2.05) is 48.5 Å². The second kappa shape index (κ2) is 12.8.